The van der Waals surface area contributed by atoms with Gasteiger partial charge in [-0.3, -0.25) is 4.79 Å². The van der Waals surface area contributed by atoms with E-state index in [2.05, 4.69) is 4.90 Å². The second-order valence-electron chi connectivity index (χ2n) is 4.43. The van der Waals surface area contributed by atoms with Gasteiger partial charge in [-0.1, -0.05) is 0 Å². The van der Waals surface area contributed by atoms with Crippen LogP contribution >= 0.6 is 0 Å². The quantitative estimate of drug-likeness (QED) is 0.674. The second-order valence-corrected chi connectivity index (χ2v) is 4.43. The Morgan fingerprint density at radius 1 is 1.44 bits per heavy atom. The largest absolute Gasteiger partial charge is 0.481 e. The summed E-state index contributed by atoms with van der Waals surface area (Å²) in [5.41, 5.74) is 0. The summed E-state index contributed by atoms with van der Waals surface area (Å²) in [6.45, 7) is 6.82. The molecule has 1 saturated heterocycles. The number of hydrogen-bond acceptors (Lipinski definition) is 3. The lowest BCUT2D eigenvalue weighted by molar-refractivity contribution is -0.138. The molecule has 1 aliphatic rings. The fourth-order valence-corrected chi connectivity index (χ4v) is 2.20. The van der Waals surface area contributed by atoms with Gasteiger partial charge in [0.25, 0.3) is 0 Å². The first-order chi connectivity index (χ1) is 7.72. The van der Waals surface area contributed by atoms with Crippen LogP contribution in [0.1, 0.15) is 32.6 Å². The van der Waals surface area contributed by atoms with Crippen LogP contribution in [0.15, 0.2) is 0 Å². The monoisotopic (exact) mass is 229 g/mol. The van der Waals surface area contributed by atoms with Crippen molar-refractivity contribution in [1.82, 2.24) is 4.90 Å². The first-order valence-electron chi connectivity index (χ1n) is 6.24. The Hall–Kier alpha value is -0.610. The van der Waals surface area contributed by atoms with Crippen LogP contribution in [0.4, 0.5) is 0 Å². The first kappa shape index (κ1) is 13.5. The number of carboxylic acids is 1. The number of aliphatic carboxylic acids is 1. The molecule has 0 radical (unpaired) electrons. The van der Waals surface area contributed by atoms with Crippen LogP contribution < -0.4 is 0 Å². The van der Waals surface area contributed by atoms with E-state index in [-0.39, 0.29) is 0 Å². The summed E-state index contributed by atoms with van der Waals surface area (Å²) in [6, 6.07) is 0. The number of nitrogens with zero attached hydrogens (tertiary/aromatic N) is 1. The van der Waals surface area contributed by atoms with Crippen molar-refractivity contribution in [3.8, 4) is 0 Å². The maximum absolute atomic E-state index is 10.6. The second kappa shape index (κ2) is 7.63. The fraction of sp³-hybridized carbons (Fsp3) is 0.917. The Labute approximate surface area is 97.6 Å². The molecule has 94 valence electrons. The van der Waals surface area contributed by atoms with Crippen LogP contribution in [0.25, 0.3) is 0 Å². The number of ether oxygens (including phenoxy) is 1. The molecule has 0 aromatic rings. The zero-order chi connectivity index (χ0) is 11.8. The lowest BCUT2D eigenvalue weighted by Gasteiger charge is -2.31. The third kappa shape index (κ3) is 5.47. The van der Waals surface area contributed by atoms with E-state index >= 15 is 0 Å². The summed E-state index contributed by atoms with van der Waals surface area (Å²) in [5.74, 6) is -0.268. The van der Waals surface area contributed by atoms with Crippen molar-refractivity contribution in [3.05, 3.63) is 0 Å². The Kier molecular flexibility index (Phi) is 6.42. The first-order valence-corrected chi connectivity index (χ1v) is 6.24. The molecule has 0 aliphatic carbocycles. The third-order valence-electron chi connectivity index (χ3n) is 3.14. The molecule has 0 amide bonds. The Bertz CT molecular complexity index is 200. The summed E-state index contributed by atoms with van der Waals surface area (Å²) in [6.07, 6.45) is 3.48. The Morgan fingerprint density at radius 2 is 2.12 bits per heavy atom. The lowest BCUT2D eigenvalue weighted by Crippen LogP contribution is -2.35. The van der Waals surface area contributed by atoms with Gasteiger partial charge in [-0.2, -0.15) is 0 Å². The lowest BCUT2D eigenvalue weighted by atomic mass is 9.93. The summed E-state index contributed by atoms with van der Waals surface area (Å²) < 4.78 is 5.29. The van der Waals surface area contributed by atoms with Gasteiger partial charge in [0.15, 0.2) is 0 Å². The van der Waals surface area contributed by atoms with E-state index in [1.165, 1.54) is 0 Å². The van der Waals surface area contributed by atoms with E-state index in [9.17, 15) is 4.79 Å². The molecule has 1 rings (SSSR count). The molecular formula is C12H23NO3. The van der Waals surface area contributed by atoms with Gasteiger partial charge in [-0.05, 0) is 45.2 Å². The van der Waals surface area contributed by atoms with Crippen molar-refractivity contribution >= 4 is 5.97 Å². The molecule has 16 heavy (non-hydrogen) atoms. The molecule has 1 aliphatic heterocycles. The van der Waals surface area contributed by atoms with Gasteiger partial charge in [0, 0.05) is 26.2 Å². The average molecular weight is 229 g/mol. The van der Waals surface area contributed by atoms with Gasteiger partial charge in [-0.25, -0.2) is 0 Å². The van der Waals surface area contributed by atoms with Crippen molar-refractivity contribution in [1.29, 1.82) is 0 Å². The van der Waals surface area contributed by atoms with Crippen LogP contribution in [0.3, 0.4) is 0 Å². The SMILES string of the molecule is CCOCCCN1CCC(CC(=O)O)CC1. The molecule has 0 unspecified atom stereocenters. The smallest absolute Gasteiger partial charge is 0.303 e. The molecule has 4 nitrogen and oxygen atoms in total. The van der Waals surface area contributed by atoms with Gasteiger partial charge < -0.3 is 14.7 Å². The predicted molar refractivity (Wildman–Crippen MR) is 62.5 cm³/mol. The predicted octanol–water partition coefficient (Wildman–Crippen LogP) is 1.60. The van der Waals surface area contributed by atoms with E-state index in [1.807, 2.05) is 6.92 Å². The normalized spacial score (nSPS) is 18.8. The van der Waals surface area contributed by atoms with Crippen molar-refractivity contribution in [2.24, 2.45) is 5.92 Å². The van der Waals surface area contributed by atoms with Crippen molar-refractivity contribution in [2.45, 2.75) is 32.6 Å². The van der Waals surface area contributed by atoms with Gasteiger partial charge in [0.2, 0.25) is 0 Å². The highest BCUT2D eigenvalue weighted by Crippen LogP contribution is 2.20. The number of rotatable bonds is 7. The molecule has 0 bridgehead atoms. The number of likely N-dealkylation sites (tertiary alicyclic amines) is 1. The molecule has 1 heterocycles. The molecule has 0 aromatic carbocycles. The fourth-order valence-electron chi connectivity index (χ4n) is 2.20. The highest BCUT2D eigenvalue weighted by Gasteiger charge is 2.20. The van der Waals surface area contributed by atoms with E-state index in [0.717, 1.165) is 52.1 Å². The molecule has 0 aromatic heterocycles. The molecule has 4 heteroatoms. The minimum absolute atomic E-state index is 0.340. The highest BCUT2D eigenvalue weighted by molar-refractivity contribution is 5.67. The van der Waals surface area contributed by atoms with Gasteiger partial charge in [-0.15, -0.1) is 0 Å². The van der Waals surface area contributed by atoms with Crippen molar-refractivity contribution < 1.29 is 14.6 Å². The minimum atomic E-state index is -0.658. The van der Waals surface area contributed by atoms with Crippen LogP contribution in [-0.2, 0) is 9.53 Å². The molecule has 1 fully saturated rings. The van der Waals surface area contributed by atoms with Crippen molar-refractivity contribution in [3.63, 3.8) is 0 Å². The zero-order valence-corrected chi connectivity index (χ0v) is 10.2. The highest BCUT2D eigenvalue weighted by atomic mass is 16.5. The van der Waals surface area contributed by atoms with E-state index in [4.69, 9.17) is 9.84 Å². The maximum Gasteiger partial charge on any atom is 0.303 e. The molecule has 0 spiro atoms. The van der Waals surface area contributed by atoms with E-state index in [1.54, 1.807) is 0 Å². The topological polar surface area (TPSA) is 49.8 Å². The zero-order valence-electron chi connectivity index (χ0n) is 10.2. The number of piperidine rings is 1. The summed E-state index contributed by atoms with van der Waals surface area (Å²) >= 11 is 0. The summed E-state index contributed by atoms with van der Waals surface area (Å²) in [7, 11) is 0. The number of hydrogen-bond donors (Lipinski definition) is 1. The average Bonchev–Trinajstić information content (AvgIpc) is 2.26. The van der Waals surface area contributed by atoms with Gasteiger partial charge >= 0.3 is 5.97 Å². The third-order valence-corrected chi connectivity index (χ3v) is 3.14. The Balaban J connectivity index is 2.05. The molecular weight excluding hydrogens is 206 g/mol. The molecule has 0 saturated carbocycles. The van der Waals surface area contributed by atoms with Gasteiger partial charge in [0.05, 0.1) is 0 Å². The molecule has 1 N–H and O–H groups in total. The standard InChI is InChI=1S/C12H23NO3/c1-2-16-9-3-6-13-7-4-11(5-8-13)10-12(14)15/h11H,2-10H2,1H3,(H,14,15). The van der Waals surface area contributed by atoms with Crippen LogP contribution in [-0.4, -0.2) is 48.8 Å². The Morgan fingerprint density at radius 3 is 2.69 bits per heavy atom. The number of carbonyl (C=O) groups is 1. The van der Waals surface area contributed by atoms with E-state index < -0.39 is 5.97 Å². The van der Waals surface area contributed by atoms with Crippen LogP contribution in [0, 0.1) is 5.92 Å². The van der Waals surface area contributed by atoms with Crippen LogP contribution in [0.2, 0.25) is 0 Å². The number of carboxylic acid groups (broad SMARTS) is 1. The molecule has 0 atom stereocenters. The summed E-state index contributed by atoms with van der Waals surface area (Å²) in [5, 5.41) is 8.70. The van der Waals surface area contributed by atoms with E-state index in [0.29, 0.717) is 12.3 Å². The van der Waals surface area contributed by atoms with Gasteiger partial charge in [0.1, 0.15) is 0 Å². The summed E-state index contributed by atoms with van der Waals surface area (Å²) in [4.78, 5) is 13.0. The van der Waals surface area contributed by atoms with Crippen LogP contribution in [0.5, 0.6) is 0 Å². The maximum atomic E-state index is 10.6. The van der Waals surface area contributed by atoms with Crippen molar-refractivity contribution in [2.75, 3.05) is 32.8 Å². The minimum Gasteiger partial charge on any atom is -0.481 e.